The Bertz CT molecular complexity index is 394. The topological polar surface area (TPSA) is 38.3 Å². The molecule has 0 aromatic heterocycles. The molecule has 1 fully saturated rings. The molecule has 0 heterocycles. The zero-order valence-electron chi connectivity index (χ0n) is 11.8. The second kappa shape index (κ2) is 6.60. The summed E-state index contributed by atoms with van der Waals surface area (Å²) in [6.45, 7) is 4.71. The first-order chi connectivity index (χ1) is 9.13. The van der Waals surface area contributed by atoms with Crippen molar-refractivity contribution < 1.29 is 9.53 Å². The summed E-state index contributed by atoms with van der Waals surface area (Å²) < 4.78 is 5.55. The number of ether oxygens (including phenoxy) is 1. The van der Waals surface area contributed by atoms with Crippen molar-refractivity contribution >= 4 is 11.7 Å². The highest BCUT2D eigenvalue weighted by Gasteiger charge is 2.26. The SMILES string of the molecule is CC1CC(C)CC(OC(=O)CNc2ccccc2)C1. The van der Waals surface area contributed by atoms with Crippen LogP contribution in [-0.4, -0.2) is 18.6 Å². The van der Waals surface area contributed by atoms with E-state index >= 15 is 0 Å². The predicted octanol–water partition coefficient (Wildman–Crippen LogP) is 3.47. The van der Waals surface area contributed by atoms with Crippen molar-refractivity contribution in [1.82, 2.24) is 0 Å². The van der Waals surface area contributed by atoms with Crippen LogP contribution in [0.5, 0.6) is 0 Å². The molecule has 2 unspecified atom stereocenters. The number of anilines is 1. The monoisotopic (exact) mass is 261 g/mol. The van der Waals surface area contributed by atoms with Gasteiger partial charge in [-0.2, -0.15) is 0 Å². The molecule has 19 heavy (non-hydrogen) atoms. The molecule has 104 valence electrons. The van der Waals surface area contributed by atoms with Crippen LogP contribution in [0.4, 0.5) is 5.69 Å². The molecule has 0 radical (unpaired) electrons. The van der Waals surface area contributed by atoms with Crippen LogP contribution in [0.3, 0.4) is 0 Å². The lowest BCUT2D eigenvalue weighted by atomic mass is 9.82. The molecule has 1 aliphatic rings. The summed E-state index contributed by atoms with van der Waals surface area (Å²) in [5.74, 6) is 1.16. The number of esters is 1. The van der Waals surface area contributed by atoms with Gasteiger partial charge in [0.2, 0.25) is 0 Å². The number of para-hydroxylation sites is 1. The Morgan fingerprint density at radius 3 is 2.42 bits per heavy atom. The molecule has 1 aromatic carbocycles. The number of nitrogens with one attached hydrogen (secondary N) is 1. The van der Waals surface area contributed by atoms with Crippen molar-refractivity contribution in [3.63, 3.8) is 0 Å². The second-order valence-corrected chi connectivity index (χ2v) is 5.75. The third-order valence-electron chi connectivity index (χ3n) is 3.64. The maximum Gasteiger partial charge on any atom is 0.325 e. The number of hydrogen-bond acceptors (Lipinski definition) is 3. The fourth-order valence-electron chi connectivity index (χ4n) is 2.93. The van der Waals surface area contributed by atoms with Crippen molar-refractivity contribution in [3.05, 3.63) is 30.3 Å². The molecule has 1 aliphatic carbocycles. The largest absolute Gasteiger partial charge is 0.461 e. The van der Waals surface area contributed by atoms with Gasteiger partial charge >= 0.3 is 5.97 Å². The van der Waals surface area contributed by atoms with Crippen molar-refractivity contribution in [2.75, 3.05) is 11.9 Å². The first kappa shape index (κ1) is 13.9. The molecular formula is C16H23NO2. The summed E-state index contributed by atoms with van der Waals surface area (Å²) in [5, 5.41) is 3.08. The molecule has 1 saturated carbocycles. The van der Waals surface area contributed by atoms with Crippen LogP contribution in [0.1, 0.15) is 33.1 Å². The predicted molar refractivity (Wildman–Crippen MR) is 77.0 cm³/mol. The van der Waals surface area contributed by atoms with Gasteiger partial charge in [-0.05, 0) is 43.2 Å². The highest BCUT2D eigenvalue weighted by molar-refractivity contribution is 5.75. The number of carbonyl (C=O) groups is 1. The van der Waals surface area contributed by atoms with Crippen LogP contribution in [0.25, 0.3) is 0 Å². The Hall–Kier alpha value is -1.51. The first-order valence-corrected chi connectivity index (χ1v) is 7.12. The van der Waals surface area contributed by atoms with E-state index in [2.05, 4.69) is 19.2 Å². The summed E-state index contributed by atoms with van der Waals surface area (Å²) in [6, 6.07) is 9.72. The molecule has 0 amide bonds. The fraction of sp³-hybridized carbons (Fsp3) is 0.562. The molecule has 1 N–H and O–H groups in total. The quantitative estimate of drug-likeness (QED) is 0.843. The van der Waals surface area contributed by atoms with Gasteiger partial charge in [0, 0.05) is 5.69 Å². The molecule has 1 aromatic rings. The maximum absolute atomic E-state index is 11.8. The van der Waals surface area contributed by atoms with Gasteiger partial charge in [-0.15, -0.1) is 0 Å². The highest BCUT2D eigenvalue weighted by Crippen LogP contribution is 2.30. The number of carbonyl (C=O) groups excluding carboxylic acids is 1. The van der Waals surface area contributed by atoms with E-state index in [9.17, 15) is 4.79 Å². The minimum atomic E-state index is -0.157. The summed E-state index contributed by atoms with van der Waals surface area (Å²) in [4.78, 5) is 11.8. The van der Waals surface area contributed by atoms with Crippen molar-refractivity contribution in [1.29, 1.82) is 0 Å². The third-order valence-corrected chi connectivity index (χ3v) is 3.64. The molecule has 0 saturated heterocycles. The second-order valence-electron chi connectivity index (χ2n) is 5.75. The van der Waals surface area contributed by atoms with Gasteiger partial charge in [-0.3, -0.25) is 4.79 Å². The van der Waals surface area contributed by atoms with E-state index in [1.165, 1.54) is 6.42 Å². The average molecular weight is 261 g/mol. The standard InChI is InChI=1S/C16H23NO2/c1-12-8-13(2)10-15(9-12)19-16(18)11-17-14-6-4-3-5-7-14/h3-7,12-13,15,17H,8-11H2,1-2H3. The zero-order valence-corrected chi connectivity index (χ0v) is 11.8. The van der Waals surface area contributed by atoms with Gasteiger partial charge < -0.3 is 10.1 Å². The Kier molecular flexibility index (Phi) is 4.83. The van der Waals surface area contributed by atoms with E-state index in [1.54, 1.807) is 0 Å². The van der Waals surface area contributed by atoms with Crippen LogP contribution >= 0.6 is 0 Å². The number of hydrogen-bond donors (Lipinski definition) is 1. The average Bonchev–Trinajstić information content (AvgIpc) is 2.36. The molecule has 3 nitrogen and oxygen atoms in total. The molecule has 3 heteroatoms. The lowest BCUT2D eigenvalue weighted by molar-refractivity contribution is -0.149. The molecular weight excluding hydrogens is 238 g/mol. The van der Waals surface area contributed by atoms with E-state index < -0.39 is 0 Å². The van der Waals surface area contributed by atoms with E-state index in [1.807, 2.05) is 30.3 Å². The summed E-state index contributed by atoms with van der Waals surface area (Å²) in [5.41, 5.74) is 0.949. The first-order valence-electron chi connectivity index (χ1n) is 7.12. The number of benzene rings is 1. The Balaban J connectivity index is 1.75. The van der Waals surface area contributed by atoms with Gasteiger partial charge in [-0.1, -0.05) is 32.0 Å². The highest BCUT2D eigenvalue weighted by atomic mass is 16.5. The van der Waals surface area contributed by atoms with E-state index in [0.29, 0.717) is 11.8 Å². The molecule has 2 atom stereocenters. The fourth-order valence-corrected chi connectivity index (χ4v) is 2.93. The summed E-state index contributed by atoms with van der Waals surface area (Å²) in [6.07, 6.45) is 3.35. The molecule has 0 spiro atoms. The van der Waals surface area contributed by atoms with Crippen LogP contribution in [0, 0.1) is 11.8 Å². The van der Waals surface area contributed by atoms with Crippen molar-refractivity contribution in [2.45, 2.75) is 39.2 Å². The zero-order chi connectivity index (χ0) is 13.7. The van der Waals surface area contributed by atoms with Gasteiger partial charge in [0.1, 0.15) is 12.6 Å². The van der Waals surface area contributed by atoms with Gasteiger partial charge in [0.15, 0.2) is 0 Å². The lowest BCUT2D eigenvalue weighted by Crippen LogP contribution is -2.30. The smallest absolute Gasteiger partial charge is 0.325 e. The van der Waals surface area contributed by atoms with Crippen LogP contribution in [-0.2, 0) is 9.53 Å². The minimum absolute atomic E-state index is 0.101. The summed E-state index contributed by atoms with van der Waals surface area (Å²) >= 11 is 0. The summed E-state index contributed by atoms with van der Waals surface area (Å²) in [7, 11) is 0. The van der Waals surface area contributed by atoms with Gasteiger partial charge in [0.05, 0.1) is 0 Å². The van der Waals surface area contributed by atoms with Crippen LogP contribution < -0.4 is 5.32 Å². The Labute approximate surface area is 115 Å². The van der Waals surface area contributed by atoms with E-state index in [0.717, 1.165) is 18.5 Å². The van der Waals surface area contributed by atoms with E-state index in [4.69, 9.17) is 4.74 Å². The van der Waals surface area contributed by atoms with Crippen LogP contribution in [0.2, 0.25) is 0 Å². The molecule has 0 bridgehead atoms. The Morgan fingerprint density at radius 2 is 1.79 bits per heavy atom. The van der Waals surface area contributed by atoms with Crippen molar-refractivity contribution in [3.8, 4) is 0 Å². The van der Waals surface area contributed by atoms with Gasteiger partial charge in [0.25, 0.3) is 0 Å². The normalized spacial score (nSPS) is 26.7. The van der Waals surface area contributed by atoms with Gasteiger partial charge in [-0.25, -0.2) is 0 Å². The minimum Gasteiger partial charge on any atom is -0.461 e. The maximum atomic E-state index is 11.8. The lowest BCUT2D eigenvalue weighted by Gasteiger charge is -2.31. The number of rotatable bonds is 4. The molecule has 0 aliphatic heterocycles. The Morgan fingerprint density at radius 1 is 1.16 bits per heavy atom. The van der Waals surface area contributed by atoms with Crippen LogP contribution in [0.15, 0.2) is 30.3 Å². The molecule has 2 rings (SSSR count). The third kappa shape index (κ3) is 4.58. The van der Waals surface area contributed by atoms with Crippen molar-refractivity contribution in [2.24, 2.45) is 11.8 Å². The van der Waals surface area contributed by atoms with E-state index in [-0.39, 0.29) is 18.6 Å².